The summed E-state index contributed by atoms with van der Waals surface area (Å²) < 4.78 is 2.00. The zero-order valence-electron chi connectivity index (χ0n) is 14.2. The monoisotopic (exact) mass is 313 g/mol. The number of hydrogen-bond acceptors (Lipinski definition) is 2. The maximum atomic E-state index is 12.4. The summed E-state index contributed by atoms with van der Waals surface area (Å²) in [4.78, 5) is 17.0. The van der Waals surface area contributed by atoms with Crippen molar-refractivity contribution in [3.05, 3.63) is 35.8 Å². The minimum atomic E-state index is 0.111. The fraction of sp³-hybridized carbons (Fsp3) is 0.579. The van der Waals surface area contributed by atoms with Crippen LogP contribution >= 0.6 is 0 Å². The van der Waals surface area contributed by atoms with Crippen LogP contribution in [0.4, 0.5) is 0 Å². The zero-order chi connectivity index (χ0) is 16.2. The number of unbranched alkanes of at least 4 members (excludes halogenated alkanes) is 1. The summed E-state index contributed by atoms with van der Waals surface area (Å²) in [5.74, 6) is 0.779. The smallest absolute Gasteiger partial charge is 0.226 e. The third-order valence-electron chi connectivity index (χ3n) is 5.00. The number of carbonyl (C=O) groups is 1. The van der Waals surface area contributed by atoms with Crippen LogP contribution in [0.5, 0.6) is 0 Å². The van der Waals surface area contributed by atoms with Crippen LogP contribution in [0.25, 0.3) is 5.65 Å². The number of nitrogens with zero attached hydrogens (tertiary/aromatic N) is 2. The predicted molar refractivity (Wildman–Crippen MR) is 92.4 cm³/mol. The number of aromatic nitrogens is 2. The first kappa shape index (κ1) is 16.0. The van der Waals surface area contributed by atoms with Crippen LogP contribution < -0.4 is 5.32 Å². The maximum absolute atomic E-state index is 12.4. The molecule has 4 heteroatoms. The lowest BCUT2D eigenvalue weighted by Gasteiger charge is -2.20. The normalized spacial score (nSPS) is 21.0. The first-order valence-electron chi connectivity index (χ1n) is 8.90. The number of imidazole rings is 1. The van der Waals surface area contributed by atoms with E-state index >= 15 is 0 Å². The number of aryl methyl sites for hydroxylation is 1. The lowest BCUT2D eigenvalue weighted by Crippen LogP contribution is -2.38. The second kappa shape index (κ2) is 7.16. The number of hydrogen-bond donors (Lipinski definition) is 1. The molecule has 3 rings (SSSR count). The molecule has 1 aliphatic carbocycles. The van der Waals surface area contributed by atoms with Crippen molar-refractivity contribution < 1.29 is 4.79 Å². The van der Waals surface area contributed by atoms with Gasteiger partial charge in [0.2, 0.25) is 5.91 Å². The van der Waals surface area contributed by atoms with Gasteiger partial charge in [0, 0.05) is 18.4 Å². The largest absolute Gasteiger partial charge is 0.353 e. The van der Waals surface area contributed by atoms with Gasteiger partial charge in [-0.3, -0.25) is 4.79 Å². The Kier molecular flexibility index (Phi) is 4.99. The average molecular weight is 313 g/mol. The van der Waals surface area contributed by atoms with Crippen LogP contribution in [0.1, 0.15) is 56.7 Å². The molecule has 2 aromatic heterocycles. The minimum absolute atomic E-state index is 0.111. The van der Waals surface area contributed by atoms with Crippen LogP contribution in [-0.2, 0) is 11.2 Å². The Morgan fingerprint density at radius 3 is 3.09 bits per heavy atom. The predicted octanol–water partition coefficient (Wildman–Crippen LogP) is 3.66. The molecule has 1 saturated carbocycles. The third-order valence-corrected chi connectivity index (χ3v) is 5.00. The molecule has 2 aromatic rings. The Balaban J connectivity index is 1.61. The van der Waals surface area contributed by atoms with Gasteiger partial charge in [-0.05, 0) is 43.7 Å². The van der Waals surface area contributed by atoms with Crippen molar-refractivity contribution in [2.24, 2.45) is 5.92 Å². The quantitative estimate of drug-likeness (QED) is 0.884. The van der Waals surface area contributed by atoms with Gasteiger partial charge >= 0.3 is 0 Å². The van der Waals surface area contributed by atoms with Gasteiger partial charge in [0.05, 0.1) is 12.1 Å². The highest BCUT2D eigenvalue weighted by Crippen LogP contribution is 2.29. The van der Waals surface area contributed by atoms with Crippen LogP contribution in [0.3, 0.4) is 0 Å². The Hall–Kier alpha value is -1.84. The summed E-state index contributed by atoms with van der Waals surface area (Å²) in [6.45, 7) is 4.27. The number of pyridine rings is 1. The van der Waals surface area contributed by atoms with Crippen LogP contribution in [0, 0.1) is 12.8 Å². The third kappa shape index (κ3) is 3.74. The van der Waals surface area contributed by atoms with E-state index in [0.717, 1.165) is 23.3 Å². The molecule has 2 heterocycles. The fourth-order valence-corrected chi connectivity index (χ4v) is 3.75. The topological polar surface area (TPSA) is 46.4 Å². The van der Waals surface area contributed by atoms with E-state index in [0.29, 0.717) is 18.4 Å². The van der Waals surface area contributed by atoms with E-state index in [9.17, 15) is 4.79 Å². The first-order chi connectivity index (χ1) is 11.2. The van der Waals surface area contributed by atoms with Gasteiger partial charge in [-0.2, -0.15) is 0 Å². The molecule has 2 atom stereocenters. The molecule has 0 bridgehead atoms. The molecule has 0 aliphatic heterocycles. The highest BCUT2D eigenvalue weighted by atomic mass is 16.1. The molecule has 1 fully saturated rings. The molecular weight excluding hydrogens is 286 g/mol. The van der Waals surface area contributed by atoms with E-state index in [2.05, 4.69) is 17.2 Å². The van der Waals surface area contributed by atoms with E-state index in [-0.39, 0.29) is 5.91 Å². The lowest BCUT2D eigenvalue weighted by atomic mass is 9.96. The van der Waals surface area contributed by atoms with Gasteiger partial charge in [-0.15, -0.1) is 0 Å². The summed E-state index contributed by atoms with van der Waals surface area (Å²) in [6, 6.07) is 4.42. The maximum Gasteiger partial charge on any atom is 0.226 e. The Labute approximate surface area is 138 Å². The molecule has 0 radical (unpaired) electrons. The molecule has 124 valence electrons. The second-order valence-corrected chi connectivity index (χ2v) is 6.84. The zero-order valence-corrected chi connectivity index (χ0v) is 14.2. The van der Waals surface area contributed by atoms with Crippen molar-refractivity contribution in [2.75, 3.05) is 0 Å². The van der Waals surface area contributed by atoms with Crippen LogP contribution in [-0.4, -0.2) is 21.3 Å². The van der Waals surface area contributed by atoms with Gasteiger partial charge in [0.25, 0.3) is 0 Å². The number of amides is 1. The Morgan fingerprint density at radius 1 is 1.43 bits per heavy atom. The van der Waals surface area contributed by atoms with Gasteiger partial charge in [-0.1, -0.05) is 32.3 Å². The van der Waals surface area contributed by atoms with Crippen molar-refractivity contribution in [2.45, 2.75) is 64.8 Å². The van der Waals surface area contributed by atoms with Crippen molar-refractivity contribution in [3.63, 3.8) is 0 Å². The molecule has 4 nitrogen and oxygen atoms in total. The molecule has 0 spiro atoms. The lowest BCUT2D eigenvalue weighted by molar-refractivity contribution is -0.121. The van der Waals surface area contributed by atoms with E-state index in [4.69, 9.17) is 0 Å². The van der Waals surface area contributed by atoms with Crippen molar-refractivity contribution in [3.8, 4) is 0 Å². The summed E-state index contributed by atoms with van der Waals surface area (Å²) in [5, 5.41) is 3.26. The summed E-state index contributed by atoms with van der Waals surface area (Å²) in [7, 11) is 0. The van der Waals surface area contributed by atoms with Gasteiger partial charge in [-0.25, -0.2) is 4.98 Å². The first-order valence-corrected chi connectivity index (χ1v) is 8.90. The fourth-order valence-electron chi connectivity index (χ4n) is 3.75. The molecule has 1 amide bonds. The second-order valence-electron chi connectivity index (χ2n) is 6.84. The van der Waals surface area contributed by atoms with Gasteiger partial charge in [0.1, 0.15) is 5.65 Å². The molecule has 0 saturated heterocycles. The highest BCUT2D eigenvalue weighted by molar-refractivity contribution is 5.78. The number of nitrogens with one attached hydrogen (secondary N) is 1. The molecule has 1 aliphatic rings. The minimum Gasteiger partial charge on any atom is -0.353 e. The van der Waals surface area contributed by atoms with E-state index < -0.39 is 0 Å². The Morgan fingerprint density at radius 2 is 2.30 bits per heavy atom. The average Bonchev–Trinajstić information content (AvgIpc) is 3.12. The number of fused-ring (bicyclic) bond motifs is 1. The summed E-state index contributed by atoms with van der Waals surface area (Å²) in [6.07, 6.45) is 11.7. The van der Waals surface area contributed by atoms with Crippen molar-refractivity contribution in [1.82, 2.24) is 14.7 Å². The van der Waals surface area contributed by atoms with Crippen LogP contribution in [0.2, 0.25) is 0 Å². The molecule has 0 aromatic carbocycles. The van der Waals surface area contributed by atoms with E-state index in [1.807, 2.05) is 35.9 Å². The molecule has 23 heavy (non-hydrogen) atoms. The van der Waals surface area contributed by atoms with Gasteiger partial charge < -0.3 is 9.72 Å². The molecular formula is C19H27N3O. The SMILES string of the molecule is CCCCC1CCCC1NC(=O)Cc1cn2cccc(C)c2n1. The van der Waals surface area contributed by atoms with E-state index in [1.165, 1.54) is 32.1 Å². The van der Waals surface area contributed by atoms with Crippen molar-refractivity contribution in [1.29, 1.82) is 0 Å². The number of carbonyl (C=O) groups excluding carboxylic acids is 1. The highest BCUT2D eigenvalue weighted by Gasteiger charge is 2.27. The molecule has 1 N–H and O–H groups in total. The van der Waals surface area contributed by atoms with E-state index in [1.54, 1.807) is 0 Å². The van der Waals surface area contributed by atoms with Crippen molar-refractivity contribution >= 4 is 11.6 Å². The Bertz CT molecular complexity index is 676. The van der Waals surface area contributed by atoms with Gasteiger partial charge in [0.15, 0.2) is 0 Å². The summed E-state index contributed by atoms with van der Waals surface area (Å²) >= 11 is 0. The number of rotatable bonds is 6. The van der Waals surface area contributed by atoms with Crippen LogP contribution in [0.15, 0.2) is 24.5 Å². The standard InChI is InChI=1S/C19H27N3O/c1-3-4-8-15-9-5-10-17(15)21-18(23)12-16-13-22-11-6-7-14(2)19(22)20-16/h6-7,11,13,15,17H,3-5,8-10,12H2,1-2H3,(H,21,23). The molecule has 2 unspecified atom stereocenters. The summed E-state index contributed by atoms with van der Waals surface area (Å²) in [5.41, 5.74) is 2.92.